The van der Waals surface area contributed by atoms with Crippen molar-refractivity contribution >= 4 is 40.3 Å². The Labute approximate surface area is 220 Å². The van der Waals surface area contributed by atoms with E-state index in [2.05, 4.69) is 34.6 Å². The Bertz CT molecular complexity index is 1580. The summed E-state index contributed by atoms with van der Waals surface area (Å²) in [6.07, 6.45) is 6.50. The largest absolute Gasteiger partial charge is 0.457 e. The molecule has 0 spiro atoms. The highest BCUT2D eigenvalue weighted by Gasteiger charge is 2.08. The molecule has 0 saturated carbocycles. The van der Waals surface area contributed by atoms with Crippen molar-refractivity contribution in [1.29, 1.82) is 0 Å². The number of furan rings is 1. The first kappa shape index (κ1) is 24.5. The van der Waals surface area contributed by atoms with Gasteiger partial charge in [-0.15, -0.1) is 10.2 Å². The molecule has 0 bridgehead atoms. The zero-order chi connectivity index (χ0) is 25.8. The van der Waals surface area contributed by atoms with Gasteiger partial charge in [0.05, 0.1) is 5.69 Å². The van der Waals surface area contributed by atoms with Gasteiger partial charge in [0.1, 0.15) is 22.6 Å². The van der Waals surface area contributed by atoms with Gasteiger partial charge in [0, 0.05) is 22.3 Å². The van der Waals surface area contributed by atoms with E-state index in [9.17, 15) is 4.79 Å². The lowest BCUT2D eigenvalue weighted by Crippen LogP contribution is -2.07. The third kappa shape index (κ3) is 5.81. The van der Waals surface area contributed by atoms with Gasteiger partial charge >= 0.3 is 0 Å². The van der Waals surface area contributed by atoms with E-state index in [1.165, 1.54) is 24.5 Å². The molecule has 6 nitrogen and oxygen atoms in total. The van der Waals surface area contributed by atoms with Crippen molar-refractivity contribution < 1.29 is 9.21 Å². The third-order valence-electron chi connectivity index (χ3n) is 6.12. The van der Waals surface area contributed by atoms with E-state index in [0.717, 1.165) is 28.8 Å². The van der Waals surface area contributed by atoms with Crippen molar-refractivity contribution in [2.24, 2.45) is 0 Å². The number of hydrogen-bond donors (Lipinski definition) is 1. The minimum absolute atomic E-state index is 0.272. The van der Waals surface area contributed by atoms with Crippen LogP contribution in [-0.4, -0.2) is 20.9 Å². The first-order valence-electron chi connectivity index (χ1n) is 12.3. The van der Waals surface area contributed by atoms with Gasteiger partial charge in [-0.25, -0.2) is 0 Å². The molecule has 0 unspecified atom stereocenters. The number of aryl methyl sites for hydroxylation is 2. The number of benzene rings is 3. The molecular weight excluding hydrogens is 484 g/mol. The number of carbonyl (C=O) groups excluding carboxylic acids is 1. The molecule has 0 atom stereocenters. The van der Waals surface area contributed by atoms with Gasteiger partial charge in [-0.1, -0.05) is 49.2 Å². The number of rotatable bonds is 8. The Balaban J connectivity index is 1.24. The fourth-order valence-corrected chi connectivity index (χ4v) is 4.15. The molecule has 5 aromatic rings. The van der Waals surface area contributed by atoms with Crippen LogP contribution in [0.2, 0.25) is 5.02 Å². The van der Waals surface area contributed by atoms with Crippen molar-refractivity contribution in [1.82, 2.24) is 15.0 Å². The maximum atomic E-state index is 12.5. The summed E-state index contributed by atoms with van der Waals surface area (Å²) in [6.45, 7) is 4.15. The van der Waals surface area contributed by atoms with Gasteiger partial charge in [-0.05, 0) is 85.5 Å². The molecule has 3 aromatic carbocycles. The lowest BCUT2D eigenvalue weighted by Gasteiger charge is -2.02. The standard InChI is InChI=1S/C30H27ClN4O2/c1-3-4-5-21-7-11-24(12-8-21)35-33-27-15-10-23(19-28(27)34-35)32-30(36)17-14-25-13-16-29(37-25)22-9-6-20(2)26(31)18-22/h6-19H,3-5H2,1-2H3,(H,32,36)/b17-14+. The Morgan fingerprint density at radius 2 is 1.81 bits per heavy atom. The van der Waals surface area contributed by atoms with Gasteiger partial charge in [-0.3, -0.25) is 4.79 Å². The average molecular weight is 511 g/mol. The summed E-state index contributed by atoms with van der Waals surface area (Å²) in [5.74, 6) is 0.984. The van der Waals surface area contributed by atoms with Crippen LogP contribution in [0.1, 0.15) is 36.7 Å². The molecule has 37 heavy (non-hydrogen) atoms. The quantitative estimate of drug-likeness (QED) is 0.218. The summed E-state index contributed by atoms with van der Waals surface area (Å²) < 4.78 is 5.85. The first-order chi connectivity index (χ1) is 18.0. The molecule has 1 amide bonds. The van der Waals surface area contributed by atoms with Gasteiger partial charge in [0.15, 0.2) is 0 Å². The van der Waals surface area contributed by atoms with E-state index in [1.54, 1.807) is 10.9 Å². The second-order valence-corrected chi connectivity index (χ2v) is 9.36. The number of unbranched alkanes of at least 4 members (excludes halogenated alkanes) is 1. The Kier molecular flexibility index (Phi) is 7.19. The van der Waals surface area contributed by atoms with Crippen LogP contribution in [-0.2, 0) is 11.2 Å². The SMILES string of the molecule is CCCCc1ccc(-n2nc3ccc(NC(=O)/C=C/c4ccc(-c5ccc(C)c(Cl)c5)o4)cc3n2)cc1. The highest BCUT2D eigenvalue weighted by atomic mass is 35.5. The molecule has 0 aliphatic rings. The molecule has 5 rings (SSSR count). The number of amides is 1. The van der Waals surface area contributed by atoms with Crippen LogP contribution in [0.25, 0.3) is 34.1 Å². The monoisotopic (exact) mass is 510 g/mol. The van der Waals surface area contributed by atoms with Gasteiger partial charge < -0.3 is 9.73 Å². The predicted molar refractivity (Wildman–Crippen MR) is 149 cm³/mol. The molecule has 1 N–H and O–H groups in total. The van der Waals surface area contributed by atoms with Crippen LogP contribution in [0.4, 0.5) is 5.69 Å². The zero-order valence-corrected chi connectivity index (χ0v) is 21.5. The van der Waals surface area contributed by atoms with Crippen molar-refractivity contribution in [2.75, 3.05) is 5.32 Å². The molecule has 0 aliphatic carbocycles. The summed E-state index contributed by atoms with van der Waals surface area (Å²) in [7, 11) is 0. The molecule has 2 heterocycles. The molecule has 0 saturated heterocycles. The molecule has 0 fully saturated rings. The Morgan fingerprint density at radius 1 is 1.00 bits per heavy atom. The van der Waals surface area contributed by atoms with Crippen LogP contribution >= 0.6 is 11.6 Å². The fourth-order valence-electron chi connectivity index (χ4n) is 3.97. The number of halogens is 1. The van der Waals surface area contributed by atoms with Crippen LogP contribution < -0.4 is 5.32 Å². The summed E-state index contributed by atoms with van der Waals surface area (Å²) in [6, 6.07) is 23.2. The minimum Gasteiger partial charge on any atom is -0.457 e. The minimum atomic E-state index is -0.272. The molecule has 2 aromatic heterocycles. The topological polar surface area (TPSA) is 73.0 Å². The number of nitrogens with one attached hydrogen (secondary N) is 1. The predicted octanol–water partition coefficient (Wildman–Crippen LogP) is 7.64. The van der Waals surface area contributed by atoms with E-state index in [-0.39, 0.29) is 5.91 Å². The number of carbonyl (C=O) groups is 1. The Morgan fingerprint density at radius 3 is 2.59 bits per heavy atom. The van der Waals surface area contributed by atoms with E-state index < -0.39 is 0 Å². The molecule has 186 valence electrons. The van der Waals surface area contributed by atoms with Crippen LogP contribution in [0.5, 0.6) is 0 Å². The van der Waals surface area contributed by atoms with Crippen LogP contribution in [0.15, 0.2) is 83.3 Å². The van der Waals surface area contributed by atoms with Gasteiger partial charge in [0.25, 0.3) is 0 Å². The van der Waals surface area contributed by atoms with Crippen molar-refractivity contribution in [3.8, 4) is 17.0 Å². The molecule has 0 radical (unpaired) electrons. The summed E-state index contributed by atoms with van der Waals surface area (Å²) in [5, 5.41) is 12.7. The number of anilines is 1. The fraction of sp³-hybridized carbons (Fsp3) is 0.167. The average Bonchev–Trinajstić information content (AvgIpc) is 3.55. The Hall–Kier alpha value is -4.16. The molecular formula is C30H27ClN4O2. The first-order valence-corrected chi connectivity index (χ1v) is 12.7. The smallest absolute Gasteiger partial charge is 0.248 e. The van der Waals surface area contributed by atoms with Crippen LogP contribution in [0.3, 0.4) is 0 Å². The third-order valence-corrected chi connectivity index (χ3v) is 6.52. The highest BCUT2D eigenvalue weighted by molar-refractivity contribution is 6.31. The second-order valence-electron chi connectivity index (χ2n) is 8.95. The van der Waals surface area contributed by atoms with Crippen molar-refractivity contribution in [2.45, 2.75) is 33.1 Å². The van der Waals surface area contributed by atoms with Gasteiger partial charge in [-0.2, -0.15) is 4.80 Å². The molecule has 7 heteroatoms. The van der Waals surface area contributed by atoms with E-state index >= 15 is 0 Å². The normalized spacial score (nSPS) is 11.4. The zero-order valence-electron chi connectivity index (χ0n) is 20.7. The van der Waals surface area contributed by atoms with Gasteiger partial charge in [0.2, 0.25) is 5.91 Å². The summed E-state index contributed by atoms with van der Waals surface area (Å²) >= 11 is 6.22. The van der Waals surface area contributed by atoms with E-state index in [4.69, 9.17) is 16.0 Å². The number of nitrogens with zero attached hydrogens (tertiary/aromatic N) is 3. The van der Waals surface area contributed by atoms with Crippen LogP contribution in [0, 0.1) is 6.92 Å². The van der Waals surface area contributed by atoms with E-state index in [1.807, 2.05) is 67.6 Å². The number of hydrogen-bond acceptors (Lipinski definition) is 4. The number of fused-ring (bicyclic) bond motifs is 1. The second kappa shape index (κ2) is 10.8. The van der Waals surface area contributed by atoms with E-state index in [0.29, 0.717) is 27.7 Å². The lowest BCUT2D eigenvalue weighted by molar-refractivity contribution is -0.111. The lowest BCUT2D eigenvalue weighted by atomic mass is 10.1. The van der Waals surface area contributed by atoms with Crippen molar-refractivity contribution in [3.05, 3.63) is 101 Å². The molecule has 0 aliphatic heterocycles. The van der Waals surface area contributed by atoms with Crippen molar-refractivity contribution in [3.63, 3.8) is 0 Å². The summed E-state index contributed by atoms with van der Waals surface area (Å²) in [5.41, 5.74) is 6.19. The number of aromatic nitrogens is 3. The highest BCUT2D eigenvalue weighted by Crippen LogP contribution is 2.27. The maximum absolute atomic E-state index is 12.5. The summed E-state index contributed by atoms with van der Waals surface area (Å²) in [4.78, 5) is 14.1. The maximum Gasteiger partial charge on any atom is 0.248 e.